The predicted octanol–water partition coefficient (Wildman–Crippen LogP) is 3.98. The third kappa shape index (κ3) is 10.0. The van der Waals surface area contributed by atoms with E-state index < -0.39 is 74.3 Å². The highest BCUT2D eigenvalue weighted by Crippen LogP contribution is 2.46. The third-order valence-electron chi connectivity index (χ3n) is 11.5. The minimum absolute atomic E-state index is 0.0108. The van der Waals surface area contributed by atoms with E-state index in [9.17, 15) is 27.6 Å². The van der Waals surface area contributed by atoms with Gasteiger partial charge < -0.3 is 39.5 Å². The number of benzene rings is 2. The van der Waals surface area contributed by atoms with Gasteiger partial charge in [-0.05, 0) is 120 Å². The number of methoxy groups -OCH3 is 1. The molecule has 0 spiro atoms. The Bertz CT molecular complexity index is 2310. The molecule has 7 rings (SSSR count). The number of anilines is 1. The number of carbonyl (C=O) groups excluding carboxylic acids is 4. The highest BCUT2D eigenvalue weighted by molar-refractivity contribution is 7.91. The summed E-state index contributed by atoms with van der Waals surface area (Å²) in [4.78, 5) is 66.9. The molecule has 1 aromatic heterocycles. The summed E-state index contributed by atoms with van der Waals surface area (Å²) in [6.45, 7) is 5.81. The molecule has 4 amide bonds. The van der Waals surface area contributed by atoms with E-state index in [0.29, 0.717) is 54.9 Å². The van der Waals surface area contributed by atoms with Gasteiger partial charge in [-0.15, -0.1) is 0 Å². The summed E-state index contributed by atoms with van der Waals surface area (Å²) < 4.78 is 45.8. The summed E-state index contributed by atoms with van der Waals surface area (Å²) in [6, 6.07) is 13.1. The molecule has 3 aromatic rings. The normalized spacial score (nSPS) is 25.0. The highest BCUT2D eigenvalue weighted by atomic mass is 32.2. The molecule has 4 aliphatic rings. The molecule has 0 bridgehead atoms. The molecule has 2 aromatic carbocycles. The van der Waals surface area contributed by atoms with Gasteiger partial charge in [-0.1, -0.05) is 12.2 Å². The van der Waals surface area contributed by atoms with Gasteiger partial charge in [-0.2, -0.15) is 0 Å². The monoisotopic (exact) mass is 859 g/mol. The fraction of sp³-hybridized carbons (Fsp3) is 0.523. The van der Waals surface area contributed by atoms with Crippen LogP contribution in [0.25, 0.3) is 22.0 Å². The Kier molecular flexibility index (Phi) is 12.3. The molecular weight excluding hydrogens is 803 g/mol. The fourth-order valence-corrected chi connectivity index (χ4v) is 9.33. The Morgan fingerprint density at radius 1 is 1.03 bits per heavy atom. The number of likely N-dealkylation sites (N-methyl/N-ethyl adjacent to an activating group) is 1. The number of sulfonamides is 1. The number of aromatic nitrogens is 1. The number of hydrogen-bond donors (Lipinski definition) is 3. The van der Waals surface area contributed by atoms with Crippen molar-refractivity contribution in [2.75, 3.05) is 52.8 Å². The van der Waals surface area contributed by atoms with Crippen LogP contribution >= 0.6 is 0 Å². The van der Waals surface area contributed by atoms with E-state index in [4.69, 9.17) is 19.2 Å². The quantitative estimate of drug-likeness (QED) is 0.263. The summed E-state index contributed by atoms with van der Waals surface area (Å²) >= 11 is 0. The molecule has 2 saturated carbocycles. The lowest BCUT2D eigenvalue weighted by atomic mass is 10.1. The molecular formula is C44H57N7O9S. The highest BCUT2D eigenvalue weighted by Gasteiger charge is 2.62. The summed E-state index contributed by atoms with van der Waals surface area (Å²) in [5.74, 6) is -1.46. The van der Waals surface area contributed by atoms with Crippen LogP contribution < -0.4 is 29.7 Å². The van der Waals surface area contributed by atoms with Gasteiger partial charge in [0.25, 0.3) is 5.91 Å². The Labute approximate surface area is 357 Å². The van der Waals surface area contributed by atoms with Gasteiger partial charge in [0.1, 0.15) is 35.1 Å². The average Bonchev–Trinajstić information content (AvgIpc) is 4.13. The second kappa shape index (κ2) is 17.2. The first kappa shape index (κ1) is 43.7. The molecule has 5 atom stereocenters. The number of ether oxygens (including phenoxy) is 3. The van der Waals surface area contributed by atoms with E-state index in [-0.39, 0.29) is 25.9 Å². The second-order valence-corrected chi connectivity index (χ2v) is 19.8. The van der Waals surface area contributed by atoms with Gasteiger partial charge in [0.05, 0.1) is 24.6 Å². The van der Waals surface area contributed by atoms with Gasteiger partial charge in [-0.25, -0.2) is 18.2 Å². The lowest BCUT2D eigenvalue weighted by Gasteiger charge is -2.32. The molecule has 16 nitrogen and oxygen atoms in total. The molecule has 3 fully saturated rings. The van der Waals surface area contributed by atoms with Crippen molar-refractivity contribution in [3.63, 3.8) is 0 Å². The van der Waals surface area contributed by atoms with E-state index in [2.05, 4.69) is 15.4 Å². The second-order valence-electron chi connectivity index (χ2n) is 17.8. The molecule has 328 valence electrons. The Balaban J connectivity index is 1.25. The van der Waals surface area contributed by atoms with Crippen molar-refractivity contribution < 1.29 is 41.8 Å². The number of carbonyl (C=O) groups is 4. The van der Waals surface area contributed by atoms with Crippen molar-refractivity contribution in [3.8, 4) is 22.9 Å². The number of pyridine rings is 1. The molecule has 2 aliphatic carbocycles. The molecule has 3 heterocycles. The van der Waals surface area contributed by atoms with Crippen molar-refractivity contribution in [1.82, 2.24) is 30.1 Å². The average molecular weight is 860 g/mol. The van der Waals surface area contributed by atoms with E-state index in [1.165, 1.54) is 4.90 Å². The smallest absolute Gasteiger partial charge is 0.408 e. The molecule has 0 radical (unpaired) electrons. The van der Waals surface area contributed by atoms with Crippen LogP contribution in [-0.4, -0.2) is 129 Å². The van der Waals surface area contributed by atoms with Crippen molar-refractivity contribution in [2.24, 2.45) is 5.92 Å². The van der Waals surface area contributed by atoms with Gasteiger partial charge in [-0.3, -0.25) is 19.1 Å². The zero-order valence-corrected chi connectivity index (χ0v) is 36.7. The fourth-order valence-electron chi connectivity index (χ4n) is 7.97. The number of hydrogen-bond acceptors (Lipinski definition) is 12. The molecule has 2 unspecified atom stereocenters. The number of nitrogens with one attached hydrogen (secondary N) is 3. The van der Waals surface area contributed by atoms with Crippen molar-refractivity contribution in [1.29, 1.82) is 0 Å². The van der Waals surface area contributed by atoms with Crippen LogP contribution in [0, 0.1) is 5.92 Å². The SMILES string of the molecule is COc1ccc(-c2cc3cc(N(C)C)ccc3c(OC3C[C@H]4C(=O)N[C@]5(C(=O)NS(=O)(=O)C6CC6)CC5C=CCCCN(C)C[C@H](NC(=O)OC(C)(C)C)C(=O)N4C3)n2)cc1. The zero-order valence-electron chi connectivity index (χ0n) is 35.9. The first-order valence-corrected chi connectivity index (χ1v) is 22.4. The number of alkyl carbamates (subject to hydrolysis) is 1. The van der Waals surface area contributed by atoms with Crippen molar-refractivity contribution in [3.05, 3.63) is 60.7 Å². The lowest BCUT2D eigenvalue weighted by Crippen LogP contribution is -2.59. The predicted molar refractivity (Wildman–Crippen MR) is 231 cm³/mol. The van der Waals surface area contributed by atoms with Crippen LogP contribution in [0.3, 0.4) is 0 Å². The minimum Gasteiger partial charge on any atom is -0.497 e. The van der Waals surface area contributed by atoms with Gasteiger partial charge >= 0.3 is 6.09 Å². The number of fused-ring (bicyclic) bond motifs is 3. The van der Waals surface area contributed by atoms with E-state index >= 15 is 0 Å². The standard InChI is InChI=1S/C44H57N7O9S/c1-43(2,3)60-42(55)46-36-26-50(6)20-10-8-9-11-29-24-44(29,41(54)48-61(56,57)33-17-18-33)47-38(52)37-23-32(25-51(37)40(36)53)59-39-34-19-14-30(49(4)5)21-28(34)22-35(45-39)27-12-15-31(58-7)16-13-27/h9,11-16,19,21-22,29,32-33,36-37H,8,10,17-18,20,23-26H2,1-7H3,(H,46,55)(H,47,52)(H,48,54)/t29?,32?,36-,37-,44+/m0/s1. The number of nitrogens with zero attached hydrogens (tertiary/aromatic N) is 4. The van der Waals surface area contributed by atoms with Crippen LogP contribution in [0.1, 0.15) is 59.3 Å². The maximum absolute atomic E-state index is 14.8. The number of amides is 4. The van der Waals surface area contributed by atoms with Gasteiger partial charge in [0.15, 0.2) is 0 Å². The van der Waals surface area contributed by atoms with Crippen LogP contribution in [-0.2, 0) is 29.1 Å². The van der Waals surface area contributed by atoms with Crippen LogP contribution in [0.15, 0.2) is 60.7 Å². The first-order chi connectivity index (χ1) is 28.9. The van der Waals surface area contributed by atoms with Crippen molar-refractivity contribution >= 4 is 50.3 Å². The number of rotatable bonds is 9. The maximum atomic E-state index is 14.8. The van der Waals surface area contributed by atoms with Crippen LogP contribution in [0.5, 0.6) is 11.6 Å². The minimum atomic E-state index is -3.92. The Morgan fingerprint density at radius 2 is 1.77 bits per heavy atom. The third-order valence-corrected chi connectivity index (χ3v) is 13.4. The summed E-state index contributed by atoms with van der Waals surface area (Å²) in [7, 11) is 3.43. The van der Waals surface area contributed by atoms with Gasteiger partial charge in [0, 0.05) is 49.6 Å². The van der Waals surface area contributed by atoms with Gasteiger partial charge in [0.2, 0.25) is 27.7 Å². The molecule has 2 aliphatic heterocycles. The van der Waals surface area contributed by atoms with E-state index in [0.717, 1.165) is 16.6 Å². The van der Waals surface area contributed by atoms with E-state index in [1.807, 2.05) is 91.6 Å². The zero-order chi connectivity index (χ0) is 43.9. The maximum Gasteiger partial charge on any atom is 0.408 e. The largest absolute Gasteiger partial charge is 0.497 e. The Morgan fingerprint density at radius 3 is 2.44 bits per heavy atom. The molecule has 1 saturated heterocycles. The summed E-state index contributed by atoms with van der Waals surface area (Å²) in [5.41, 5.74) is 0.0325. The van der Waals surface area contributed by atoms with Crippen LogP contribution in [0.2, 0.25) is 0 Å². The Hall–Kier alpha value is -5.42. The van der Waals surface area contributed by atoms with Crippen LogP contribution in [0.4, 0.5) is 10.5 Å². The van der Waals surface area contributed by atoms with E-state index in [1.54, 1.807) is 27.9 Å². The molecule has 3 N–H and O–H groups in total. The summed E-state index contributed by atoms with van der Waals surface area (Å²) in [5, 5.41) is 6.60. The molecule has 17 heteroatoms. The van der Waals surface area contributed by atoms with Crippen molar-refractivity contribution in [2.45, 2.75) is 93.9 Å². The number of allylic oxidation sites excluding steroid dienone is 1. The first-order valence-electron chi connectivity index (χ1n) is 20.8. The summed E-state index contributed by atoms with van der Waals surface area (Å²) in [6.07, 6.45) is 4.69. The topological polar surface area (TPSA) is 189 Å². The lowest BCUT2D eigenvalue weighted by molar-refractivity contribution is -0.141. The molecule has 61 heavy (non-hydrogen) atoms.